The van der Waals surface area contributed by atoms with Crippen LogP contribution in [0.25, 0.3) is 0 Å². The van der Waals surface area contributed by atoms with Crippen LogP contribution in [0, 0.1) is 11.3 Å². The van der Waals surface area contributed by atoms with Crippen molar-refractivity contribution in [1.82, 2.24) is 20.3 Å². The van der Waals surface area contributed by atoms with E-state index in [9.17, 15) is 5.26 Å². The lowest BCUT2D eigenvalue weighted by Crippen LogP contribution is -2.56. The van der Waals surface area contributed by atoms with Gasteiger partial charge in [0.1, 0.15) is 11.2 Å². The molecular formula is C21H27N7O. The van der Waals surface area contributed by atoms with Crippen LogP contribution in [-0.4, -0.2) is 67.4 Å². The van der Waals surface area contributed by atoms with Crippen molar-refractivity contribution in [2.45, 2.75) is 36.4 Å². The molecule has 1 saturated heterocycles. The predicted molar refractivity (Wildman–Crippen MR) is 111 cm³/mol. The summed E-state index contributed by atoms with van der Waals surface area (Å²) in [6.07, 6.45) is 5.16. The molecule has 2 aliphatic rings. The number of pyridine rings is 1. The molecule has 0 radical (unpaired) electrons. The van der Waals surface area contributed by atoms with Gasteiger partial charge in [0, 0.05) is 52.7 Å². The molecule has 8 nitrogen and oxygen atoms in total. The molecule has 0 spiro atoms. The summed E-state index contributed by atoms with van der Waals surface area (Å²) in [6, 6.07) is 10.7. The zero-order valence-corrected chi connectivity index (χ0v) is 17.1. The third kappa shape index (κ3) is 3.76. The van der Waals surface area contributed by atoms with Crippen molar-refractivity contribution in [3.8, 4) is 6.07 Å². The first-order valence-electron chi connectivity index (χ1n) is 9.91. The second-order valence-electron chi connectivity index (χ2n) is 8.08. The molecule has 29 heavy (non-hydrogen) atoms. The largest absolute Gasteiger partial charge is 0.378 e. The minimum atomic E-state index is -0.479. The molecule has 0 amide bonds. The predicted octanol–water partition coefficient (Wildman–Crippen LogP) is 1.35. The van der Waals surface area contributed by atoms with Gasteiger partial charge in [-0.15, -0.1) is 0 Å². The van der Waals surface area contributed by atoms with E-state index in [0.717, 1.165) is 37.4 Å². The van der Waals surface area contributed by atoms with Crippen molar-refractivity contribution < 1.29 is 4.74 Å². The number of aromatic nitrogens is 3. The Balaban J connectivity index is 1.41. The van der Waals surface area contributed by atoms with E-state index >= 15 is 0 Å². The van der Waals surface area contributed by atoms with Crippen LogP contribution < -0.4 is 15.1 Å². The van der Waals surface area contributed by atoms with Crippen molar-refractivity contribution >= 4 is 11.8 Å². The molecule has 1 saturated carbocycles. The summed E-state index contributed by atoms with van der Waals surface area (Å²) in [4.78, 5) is 17.5. The second-order valence-corrected chi connectivity index (χ2v) is 8.08. The third-order valence-corrected chi connectivity index (χ3v) is 5.93. The molecule has 8 heteroatoms. The number of hydrogen-bond acceptors (Lipinski definition) is 8. The molecule has 1 N–H and O–H groups in total. The molecule has 3 heterocycles. The van der Waals surface area contributed by atoms with Crippen LogP contribution in [0.4, 0.5) is 11.8 Å². The summed E-state index contributed by atoms with van der Waals surface area (Å²) in [5, 5.41) is 13.5. The van der Waals surface area contributed by atoms with Gasteiger partial charge >= 0.3 is 0 Å². The molecule has 152 valence electrons. The molecule has 0 unspecified atom stereocenters. The summed E-state index contributed by atoms with van der Waals surface area (Å²) in [5.74, 6) is 1.60. The Hall–Kier alpha value is -2.76. The number of rotatable bonds is 6. The fourth-order valence-electron chi connectivity index (χ4n) is 4.30. The molecule has 2 fully saturated rings. The zero-order valence-electron chi connectivity index (χ0n) is 17.1. The van der Waals surface area contributed by atoms with E-state index in [2.05, 4.69) is 31.2 Å². The van der Waals surface area contributed by atoms with Crippen molar-refractivity contribution in [1.29, 1.82) is 5.26 Å². The molecule has 4 rings (SSSR count). The van der Waals surface area contributed by atoms with Crippen molar-refractivity contribution in [3.63, 3.8) is 0 Å². The van der Waals surface area contributed by atoms with Gasteiger partial charge < -0.3 is 19.9 Å². The van der Waals surface area contributed by atoms with Crippen molar-refractivity contribution in [3.05, 3.63) is 42.4 Å². The first kappa shape index (κ1) is 19.6. The van der Waals surface area contributed by atoms with Gasteiger partial charge in [0.15, 0.2) is 0 Å². The highest BCUT2D eigenvalue weighted by molar-refractivity contribution is 5.45. The van der Waals surface area contributed by atoms with E-state index in [1.165, 1.54) is 0 Å². The quantitative estimate of drug-likeness (QED) is 0.787. The molecule has 1 aliphatic carbocycles. The standard InChI is InChI=1S/C21H27N7O/c1-27(2)20-24-9-7-19(26-20)28-12-16(17(13-28)29-3)25-15-10-21(11-15,14-22)18-6-4-5-8-23-18/h4-9,15-17,25H,10-13H2,1-3H3/t15?,16-,17+,21?/m0/s1. The first-order chi connectivity index (χ1) is 14.0. The maximum absolute atomic E-state index is 9.76. The number of anilines is 2. The Morgan fingerprint density at radius 3 is 2.69 bits per heavy atom. The van der Waals surface area contributed by atoms with Crippen LogP contribution in [-0.2, 0) is 10.2 Å². The van der Waals surface area contributed by atoms with E-state index in [0.29, 0.717) is 5.95 Å². The Morgan fingerprint density at radius 2 is 2.03 bits per heavy atom. The third-order valence-electron chi connectivity index (χ3n) is 5.93. The molecule has 0 aromatic carbocycles. The summed E-state index contributed by atoms with van der Waals surface area (Å²) in [7, 11) is 5.62. The van der Waals surface area contributed by atoms with Crippen LogP contribution in [0.2, 0.25) is 0 Å². The van der Waals surface area contributed by atoms with Crippen LogP contribution in [0.3, 0.4) is 0 Å². The van der Waals surface area contributed by atoms with Crippen LogP contribution >= 0.6 is 0 Å². The number of methoxy groups -OCH3 is 1. The Bertz CT molecular complexity index is 876. The van der Waals surface area contributed by atoms with Crippen molar-refractivity contribution in [2.24, 2.45) is 0 Å². The van der Waals surface area contributed by atoms with Gasteiger partial charge in [-0.25, -0.2) is 4.98 Å². The highest BCUT2D eigenvalue weighted by Gasteiger charge is 2.49. The maximum atomic E-state index is 9.76. The van der Waals surface area contributed by atoms with E-state index in [4.69, 9.17) is 4.74 Å². The summed E-state index contributed by atoms with van der Waals surface area (Å²) in [5.41, 5.74) is 0.390. The van der Waals surface area contributed by atoms with E-state index in [1.54, 1.807) is 19.5 Å². The van der Waals surface area contributed by atoms with Gasteiger partial charge in [-0.3, -0.25) is 4.98 Å². The SMILES string of the molecule is CO[C@@H]1CN(c2ccnc(N(C)C)n2)C[C@@H]1NC1CC(C#N)(c2ccccn2)C1. The highest BCUT2D eigenvalue weighted by atomic mass is 16.5. The van der Waals surface area contributed by atoms with Crippen LogP contribution in [0.15, 0.2) is 36.7 Å². The van der Waals surface area contributed by atoms with Gasteiger partial charge in [0.2, 0.25) is 5.95 Å². The number of nitriles is 1. The number of nitrogens with one attached hydrogen (secondary N) is 1. The molecule has 2 aromatic rings. The van der Waals surface area contributed by atoms with Crippen LogP contribution in [0.1, 0.15) is 18.5 Å². The lowest BCUT2D eigenvalue weighted by Gasteiger charge is -2.44. The van der Waals surface area contributed by atoms with Crippen LogP contribution in [0.5, 0.6) is 0 Å². The molecular weight excluding hydrogens is 366 g/mol. The second kappa shape index (κ2) is 7.93. The fourth-order valence-corrected chi connectivity index (χ4v) is 4.30. The van der Waals surface area contributed by atoms with Gasteiger partial charge in [0.05, 0.1) is 23.9 Å². The Kier molecular flexibility index (Phi) is 5.35. The molecule has 0 bridgehead atoms. The molecule has 1 aliphatic heterocycles. The topological polar surface area (TPSA) is 90.2 Å². The number of hydrogen-bond donors (Lipinski definition) is 1. The van der Waals surface area contributed by atoms with Gasteiger partial charge in [-0.1, -0.05) is 6.07 Å². The number of nitrogens with zero attached hydrogens (tertiary/aromatic N) is 6. The minimum absolute atomic E-state index is 0.0692. The number of ether oxygens (including phenoxy) is 1. The molecule has 2 aromatic heterocycles. The van der Waals surface area contributed by atoms with Gasteiger partial charge in [0.25, 0.3) is 0 Å². The highest BCUT2D eigenvalue weighted by Crippen LogP contribution is 2.43. The first-order valence-corrected chi connectivity index (χ1v) is 9.91. The van der Waals surface area contributed by atoms with E-state index < -0.39 is 5.41 Å². The summed E-state index contributed by atoms with van der Waals surface area (Å²) >= 11 is 0. The van der Waals surface area contributed by atoms with Crippen molar-refractivity contribution in [2.75, 3.05) is 44.1 Å². The monoisotopic (exact) mass is 393 g/mol. The van der Waals surface area contributed by atoms with Gasteiger partial charge in [-0.2, -0.15) is 10.2 Å². The van der Waals surface area contributed by atoms with E-state index in [-0.39, 0.29) is 18.2 Å². The smallest absolute Gasteiger partial charge is 0.226 e. The normalized spacial score (nSPS) is 28.6. The zero-order chi connectivity index (χ0) is 20.4. The summed E-state index contributed by atoms with van der Waals surface area (Å²) < 4.78 is 5.75. The maximum Gasteiger partial charge on any atom is 0.226 e. The minimum Gasteiger partial charge on any atom is -0.378 e. The Labute approximate surface area is 171 Å². The average Bonchev–Trinajstić information content (AvgIpc) is 3.14. The molecule has 2 atom stereocenters. The van der Waals surface area contributed by atoms with Gasteiger partial charge in [-0.05, 0) is 31.0 Å². The van der Waals surface area contributed by atoms with E-state index in [1.807, 2.05) is 43.3 Å². The average molecular weight is 393 g/mol. The fraction of sp³-hybridized carbons (Fsp3) is 0.524. The lowest BCUT2D eigenvalue weighted by atomic mass is 9.64. The lowest BCUT2D eigenvalue weighted by molar-refractivity contribution is 0.0814. The Morgan fingerprint density at radius 1 is 1.21 bits per heavy atom. The summed E-state index contributed by atoms with van der Waals surface area (Å²) in [6.45, 7) is 1.58.